The Kier molecular flexibility index (Phi) is 4.45. The van der Waals surface area contributed by atoms with Gasteiger partial charge in [0, 0.05) is 28.2 Å². The predicted molar refractivity (Wildman–Crippen MR) is 66.3 cm³/mol. The Hall–Kier alpha value is -1.63. The lowest BCUT2D eigenvalue weighted by Crippen LogP contribution is -2.35. The first-order valence-corrected chi connectivity index (χ1v) is 5.32. The molecule has 94 valence electrons. The highest BCUT2D eigenvalue weighted by Gasteiger charge is 2.13. The summed E-state index contributed by atoms with van der Waals surface area (Å²) in [5, 5.41) is 2.86. The molecule has 0 bridgehead atoms. The Labute approximate surface area is 105 Å². The van der Waals surface area contributed by atoms with Gasteiger partial charge in [0.2, 0.25) is 23.1 Å². The summed E-state index contributed by atoms with van der Waals surface area (Å²) in [6, 6.07) is 0. The summed E-state index contributed by atoms with van der Waals surface area (Å²) in [4.78, 5) is 26.5. The first-order chi connectivity index (χ1) is 7.93. The van der Waals surface area contributed by atoms with Crippen molar-refractivity contribution < 1.29 is 4.79 Å². The number of nitrogens with zero attached hydrogens (tertiary/aromatic N) is 5. The van der Waals surface area contributed by atoms with Crippen LogP contribution in [0.4, 0.5) is 11.9 Å². The van der Waals surface area contributed by atoms with Crippen LogP contribution in [0.25, 0.3) is 0 Å². The van der Waals surface area contributed by atoms with Crippen molar-refractivity contribution in [2.75, 3.05) is 45.0 Å². The molecule has 7 nitrogen and oxygen atoms in total. The summed E-state index contributed by atoms with van der Waals surface area (Å²) in [5.41, 5.74) is 0. The van der Waals surface area contributed by atoms with Gasteiger partial charge in [-0.15, -0.1) is 0 Å². The van der Waals surface area contributed by atoms with E-state index in [1.807, 2.05) is 0 Å². The number of amides is 1. The molecule has 0 aliphatic rings. The highest BCUT2D eigenvalue weighted by Crippen LogP contribution is 2.11. The summed E-state index contributed by atoms with van der Waals surface area (Å²) >= 11 is 5.75. The summed E-state index contributed by atoms with van der Waals surface area (Å²) in [5.74, 6) is 0.670. The third-order valence-corrected chi connectivity index (χ3v) is 2.20. The maximum absolute atomic E-state index is 11.5. The second-order valence-electron chi connectivity index (χ2n) is 3.62. The highest BCUT2D eigenvalue weighted by molar-refractivity contribution is 6.28. The van der Waals surface area contributed by atoms with Crippen LogP contribution in [0.2, 0.25) is 5.28 Å². The first kappa shape index (κ1) is 13.4. The molecule has 17 heavy (non-hydrogen) atoms. The molecule has 1 rings (SSSR count). The normalized spacial score (nSPS) is 9.94. The van der Waals surface area contributed by atoms with Gasteiger partial charge in [-0.05, 0) is 11.6 Å². The second kappa shape index (κ2) is 5.62. The van der Waals surface area contributed by atoms with E-state index in [0.29, 0.717) is 11.9 Å². The number of nitrogens with one attached hydrogen (secondary N) is 1. The molecular formula is C9H15ClN6O. The van der Waals surface area contributed by atoms with Gasteiger partial charge in [0.25, 0.3) is 0 Å². The summed E-state index contributed by atoms with van der Waals surface area (Å²) < 4.78 is 0. The van der Waals surface area contributed by atoms with Gasteiger partial charge >= 0.3 is 0 Å². The highest BCUT2D eigenvalue weighted by atomic mass is 35.5. The lowest BCUT2D eigenvalue weighted by Gasteiger charge is -2.19. The standard InChI is InChI=1S/C9H15ClN6O/c1-11-8-12-7(10)13-9(14-8)16(4)5-6(17)15(2)3/h5H2,1-4H3,(H,11,12,13,14). The van der Waals surface area contributed by atoms with Gasteiger partial charge in [0.05, 0.1) is 6.54 Å². The van der Waals surface area contributed by atoms with E-state index in [1.54, 1.807) is 33.1 Å². The molecule has 0 atom stereocenters. The average Bonchev–Trinajstić information content (AvgIpc) is 2.27. The van der Waals surface area contributed by atoms with Crippen molar-refractivity contribution in [1.82, 2.24) is 19.9 Å². The summed E-state index contributed by atoms with van der Waals surface area (Å²) in [7, 11) is 6.78. The topological polar surface area (TPSA) is 74.2 Å². The van der Waals surface area contributed by atoms with Gasteiger partial charge in [0.1, 0.15) is 0 Å². The van der Waals surface area contributed by atoms with Crippen LogP contribution in [-0.2, 0) is 4.79 Å². The first-order valence-electron chi connectivity index (χ1n) is 4.94. The van der Waals surface area contributed by atoms with Gasteiger partial charge in [0.15, 0.2) is 0 Å². The molecule has 0 aliphatic heterocycles. The average molecular weight is 259 g/mol. The largest absolute Gasteiger partial charge is 0.357 e. The van der Waals surface area contributed by atoms with Gasteiger partial charge in [-0.3, -0.25) is 4.79 Å². The number of rotatable bonds is 4. The Morgan fingerprint density at radius 1 is 1.29 bits per heavy atom. The number of carbonyl (C=O) groups is 1. The molecule has 1 heterocycles. The van der Waals surface area contributed by atoms with E-state index >= 15 is 0 Å². The minimum atomic E-state index is -0.0463. The Morgan fingerprint density at radius 3 is 2.47 bits per heavy atom. The maximum atomic E-state index is 11.5. The van der Waals surface area contributed by atoms with Crippen LogP contribution in [0.5, 0.6) is 0 Å². The molecular weight excluding hydrogens is 244 g/mol. The molecule has 1 N–H and O–H groups in total. The summed E-state index contributed by atoms with van der Waals surface area (Å²) in [6.45, 7) is 0.177. The third-order valence-electron chi connectivity index (χ3n) is 2.03. The third kappa shape index (κ3) is 3.70. The zero-order valence-corrected chi connectivity index (χ0v) is 11.0. The van der Waals surface area contributed by atoms with E-state index < -0.39 is 0 Å². The van der Waals surface area contributed by atoms with Crippen molar-refractivity contribution in [3.8, 4) is 0 Å². The number of aromatic nitrogens is 3. The lowest BCUT2D eigenvalue weighted by atomic mass is 10.5. The number of anilines is 2. The zero-order chi connectivity index (χ0) is 13.0. The number of hydrogen-bond donors (Lipinski definition) is 1. The van der Waals surface area contributed by atoms with Crippen molar-refractivity contribution in [2.45, 2.75) is 0 Å². The van der Waals surface area contributed by atoms with Crippen molar-refractivity contribution in [3.63, 3.8) is 0 Å². The number of carbonyl (C=O) groups excluding carboxylic acids is 1. The van der Waals surface area contributed by atoms with E-state index in [1.165, 1.54) is 4.90 Å². The fourth-order valence-electron chi connectivity index (χ4n) is 1.04. The molecule has 1 aromatic heterocycles. The Bertz CT molecular complexity index is 410. The van der Waals surface area contributed by atoms with E-state index in [0.717, 1.165) is 0 Å². The number of halogens is 1. The minimum absolute atomic E-state index is 0.0463. The smallest absolute Gasteiger partial charge is 0.241 e. The Morgan fingerprint density at radius 2 is 1.94 bits per heavy atom. The number of likely N-dealkylation sites (N-methyl/N-ethyl adjacent to an activating group) is 2. The molecule has 0 saturated carbocycles. The molecule has 0 aliphatic carbocycles. The van der Waals surface area contributed by atoms with Crippen LogP contribution < -0.4 is 10.2 Å². The Balaban J connectivity index is 2.84. The van der Waals surface area contributed by atoms with Gasteiger partial charge in [-0.2, -0.15) is 15.0 Å². The monoisotopic (exact) mass is 258 g/mol. The second-order valence-corrected chi connectivity index (χ2v) is 3.96. The minimum Gasteiger partial charge on any atom is -0.357 e. The van der Waals surface area contributed by atoms with Gasteiger partial charge in [-0.1, -0.05) is 0 Å². The zero-order valence-electron chi connectivity index (χ0n) is 10.2. The molecule has 0 spiro atoms. The maximum Gasteiger partial charge on any atom is 0.241 e. The van der Waals surface area contributed by atoms with Crippen molar-refractivity contribution in [1.29, 1.82) is 0 Å². The van der Waals surface area contributed by atoms with Crippen molar-refractivity contribution >= 4 is 29.4 Å². The van der Waals surface area contributed by atoms with Crippen LogP contribution in [-0.4, -0.2) is 60.5 Å². The molecule has 0 aromatic carbocycles. The van der Waals surface area contributed by atoms with E-state index in [9.17, 15) is 4.79 Å². The molecule has 8 heteroatoms. The van der Waals surface area contributed by atoms with E-state index in [2.05, 4.69) is 20.3 Å². The van der Waals surface area contributed by atoms with Gasteiger partial charge < -0.3 is 15.1 Å². The molecule has 1 amide bonds. The van der Waals surface area contributed by atoms with E-state index in [-0.39, 0.29) is 17.7 Å². The number of hydrogen-bond acceptors (Lipinski definition) is 6. The SMILES string of the molecule is CNc1nc(Cl)nc(N(C)CC(=O)N(C)C)n1. The molecule has 0 radical (unpaired) electrons. The fourth-order valence-corrected chi connectivity index (χ4v) is 1.19. The summed E-state index contributed by atoms with van der Waals surface area (Å²) in [6.07, 6.45) is 0. The molecule has 0 saturated heterocycles. The fraction of sp³-hybridized carbons (Fsp3) is 0.556. The molecule has 1 aromatic rings. The molecule has 0 unspecified atom stereocenters. The van der Waals surface area contributed by atoms with Crippen LogP contribution >= 0.6 is 11.6 Å². The lowest BCUT2D eigenvalue weighted by molar-refractivity contribution is -0.127. The van der Waals surface area contributed by atoms with Crippen LogP contribution in [0, 0.1) is 0 Å². The van der Waals surface area contributed by atoms with Crippen molar-refractivity contribution in [3.05, 3.63) is 5.28 Å². The molecule has 0 fully saturated rings. The van der Waals surface area contributed by atoms with Crippen LogP contribution in [0.3, 0.4) is 0 Å². The van der Waals surface area contributed by atoms with E-state index in [4.69, 9.17) is 11.6 Å². The predicted octanol–water partition coefficient (Wildman–Crippen LogP) is 0.0911. The quantitative estimate of drug-likeness (QED) is 0.825. The van der Waals surface area contributed by atoms with Crippen LogP contribution in [0.1, 0.15) is 0 Å². The van der Waals surface area contributed by atoms with Crippen LogP contribution in [0.15, 0.2) is 0 Å². The van der Waals surface area contributed by atoms with Crippen molar-refractivity contribution in [2.24, 2.45) is 0 Å². The van der Waals surface area contributed by atoms with Gasteiger partial charge in [-0.25, -0.2) is 0 Å².